The fourth-order valence-electron chi connectivity index (χ4n) is 4.15. The summed E-state index contributed by atoms with van der Waals surface area (Å²) in [4.78, 5) is 0. The molecule has 0 N–H and O–H groups in total. The molecule has 0 fully saturated rings. The molecular formula is C24H15N. The Morgan fingerprint density at radius 3 is 2.00 bits per heavy atom. The third-order valence-electron chi connectivity index (χ3n) is 5.29. The molecule has 0 aromatic heterocycles. The first kappa shape index (κ1) is 14.0. The first-order chi connectivity index (χ1) is 12.3. The molecule has 0 radical (unpaired) electrons. The smallest absolute Gasteiger partial charge is 0.133 e. The van der Waals surface area contributed by atoms with E-state index in [4.69, 9.17) is 0 Å². The van der Waals surface area contributed by atoms with Crippen molar-refractivity contribution in [3.8, 4) is 17.2 Å². The van der Waals surface area contributed by atoms with Crippen molar-refractivity contribution < 1.29 is 0 Å². The van der Waals surface area contributed by atoms with Crippen molar-refractivity contribution in [2.75, 3.05) is 0 Å². The molecule has 1 atom stereocenters. The van der Waals surface area contributed by atoms with Crippen molar-refractivity contribution in [3.05, 3.63) is 108 Å². The lowest BCUT2D eigenvalue weighted by atomic mass is 9.73. The molecule has 4 aromatic carbocycles. The number of hydrogen-bond donors (Lipinski definition) is 0. The Kier molecular flexibility index (Phi) is 2.84. The Balaban J connectivity index is 1.96. The topological polar surface area (TPSA) is 23.8 Å². The van der Waals surface area contributed by atoms with E-state index >= 15 is 0 Å². The number of fused-ring (bicyclic) bond motifs is 4. The van der Waals surface area contributed by atoms with Crippen LogP contribution < -0.4 is 0 Å². The van der Waals surface area contributed by atoms with E-state index in [1.807, 2.05) is 30.3 Å². The van der Waals surface area contributed by atoms with Gasteiger partial charge in [0.2, 0.25) is 0 Å². The molecule has 1 heteroatoms. The highest BCUT2D eigenvalue weighted by atomic mass is 14.5. The minimum absolute atomic E-state index is 0.753. The Hall–Kier alpha value is -3.37. The number of benzene rings is 4. The molecule has 0 saturated heterocycles. The van der Waals surface area contributed by atoms with Gasteiger partial charge in [0.25, 0.3) is 0 Å². The molecule has 1 nitrogen and oxygen atoms in total. The van der Waals surface area contributed by atoms with Gasteiger partial charge in [-0.2, -0.15) is 5.26 Å². The van der Waals surface area contributed by atoms with E-state index in [0.717, 1.165) is 22.3 Å². The van der Waals surface area contributed by atoms with Crippen LogP contribution in [0.2, 0.25) is 0 Å². The van der Waals surface area contributed by atoms with Crippen molar-refractivity contribution in [2.24, 2.45) is 0 Å². The third-order valence-corrected chi connectivity index (χ3v) is 5.29. The molecule has 0 heterocycles. The van der Waals surface area contributed by atoms with Gasteiger partial charge < -0.3 is 0 Å². The van der Waals surface area contributed by atoms with E-state index in [1.165, 1.54) is 16.3 Å². The quantitative estimate of drug-likeness (QED) is 0.443. The van der Waals surface area contributed by atoms with Gasteiger partial charge >= 0.3 is 0 Å². The highest BCUT2D eigenvalue weighted by molar-refractivity contribution is 5.95. The fourth-order valence-corrected chi connectivity index (χ4v) is 4.15. The maximum absolute atomic E-state index is 10.4. The molecule has 116 valence electrons. The van der Waals surface area contributed by atoms with Crippen molar-refractivity contribution in [1.29, 1.82) is 5.26 Å². The Bertz CT molecular complexity index is 1150. The van der Waals surface area contributed by atoms with Crippen molar-refractivity contribution >= 4 is 10.8 Å². The second-order valence-corrected chi connectivity index (χ2v) is 6.52. The minimum atomic E-state index is -0.753. The summed E-state index contributed by atoms with van der Waals surface area (Å²) in [5, 5.41) is 12.8. The first-order valence-corrected chi connectivity index (χ1v) is 8.44. The second kappa shape index (κ2) is 5.06. The minimum Gasteiger partial charge on any atom is -0.197 e. The molecule has 25 heavy (non-hydrogen) atoms. The first-order valence-electron chi connectivity index (χ1n) is 8.44. The lowest BCUT2D eigenvalue weighted by Crippen LogP contribution is -2.24. The predicted octanol–water partition coefficient (Wildman–Crippen LogP) is 5.68. The molecule has 0 amide bonds. The van der Waals surface area contributed by atoms with Crippen LogP contribution in [0.1, 0.15) is 16.7 Å². The van der Waals surface area contributed by atoms with E-state index in [1.54, 1.807) is 0 Å². The SMILES string of the molecule is N#CC1(c2ccccc2)c2ccccc2-c2cc3ccccc3cc21. The van der Waals surface area contributed by atoms with E-state index in [2.05, 4.69) is 66.7 Å². The van der Waals surface area contributed by atoms with Crippen molar-refractivity contribution in [3.63, 3.8) is 0 Å². The summed E-state index contributed by atoms with van der Waals surface area (Å²) in [6.45, 7) is 0. The van der Waals surface area contributed by atoms with Crippen LogP contribution in [0, 0.1) is 11.3 Å². The maximum Gasteiger partial charge on any atom is 0.133 e. The zero-order valence-corrected chi connectivity index (χ0v) is 13.6. The standard InChI is InChI=1S/C24H15N/c25-16-24(19-10-2-1-3-11-19)22-13-7-6-12-20(22)21-14-17-8-4-5-9-18(17)15-23(21)24/h1-15H. The van der Waals surface area contributed by atoms with Crippen LogP contribution in [0.3, 0.4) is 0 Å². The lowest BCUT2D eigenvalue weighted by Gasteiger charge is -2.25. The molecule has 0 saturated carbocycles. The lowest BCUT2D eigenvalue weighted by molar-refractivity contribution is 0.823. The van der Waals surface area contributed by atoms with E-state index < -0.39 is 5.41 Å². The normalized spacial score (nSPS) is 17.7. The van der Waals surface area contributed by atoms with Gasteiger partial charge in [0.1, 0.15) is 5.41 Å². The molecular weight excluding hydrogens is 302 g/mol. The zero-order chi connectivity index (χ0) is 16.9. The van der Waals surface area contributed by atoms with Gasteiger partial charge in [0.05, 0.1) is 6.07 Å². The molecule has 0 bridgehead atoms. The van der Waals surface area contributed by atoms with Gasteiger partial charge in [-0.05, 0) is 50.7 Å². The summed E-state index contributed by atoms with van der Waals surface area (Å²) in [7, 11) is 0. The van der Waals surface area contributed by atoms with Gasteiger partial charge in [0, 0.05) is 0 Å². The van der Waals surface area contributed by atoms with Crippen LogP contribution in [0.5, 0.6) is 0 Å². The van der Waals surface area contributed by atoms with E-state index in [-0.39, 0.29) is 0 Å². The summed E-state index contributed by atoms with van der Waals surface area (Å²) in [5.41, 5.74) is 4.76. The maximum atomic E-state index is 10.4. The second-order valence-electron chi connectivity index (χ2n) is 6.52. The van der Waals surface area contributed by atoms with E-state index in [9.17, 15) is 5.26 Å². The Labute approximate surface area is 146 Å². The van der Waals surface area contributed by atoms with Gasteiger partial charge in [-0.3, -0.25) is 0 Å². The van der Waals surface area contributed by atoms with Gasteiger partial charge in [-0.1, -0.05) is 78.9 Å². The van der Waals surface area contributed by atoms with Gasteiger partial charge in [0.15, 0.2) is 0 Å². The highest BCUT2D eigenvalue weighted by Gasteiger charge is 2.45. The Morgan fingerprint density at radius 2 is 1.24 bits per heavy atom. The summed E-state index contributed by atoms with van der Waals surface area (Å²) < 4.78 is 0. The monoisotopic (exact) mass is 317 g/mol. The molecule has 1 aliphatic rings. The van der Waals surface area contributed by atoms with Crippen molar-refractivity contribution in [2.45, 2.75) is 5.41 Å². The summed E-state index contributed by atoms with van der Waals surface area (Å²) in [6, 6.07) is 33.9. The largest absolute Gasteiger partial charge is 0.197 e. The average molecular weight is 317 g/mol. The summed E-state index contributed by atoms with van der Waals surface area (Å²) in [5.74, 6) is 0. The molecule has 4 aromatic rings. The molecule has 1 aliphatic carbocycles. The van der Waals surface area contributed by atoms with Crippen LogP contribution in [0.4, 0.5) is 0 Å². The third kappa shape index (κ3) is 1.77. The van der Waals surface area contributed by atoms with Crippen LogP contribution in [0.15, 0.2) is 91.0 Å². The Morgan fingerprint density at radius 1 is 0.600 bits per heavy atom. The van der Waals surface area contributed by atoms with Crippen LogP contribution >= 0.6 is 0 Å². The van der Waals surface area contributed by atoms with E-state index in [0.29, 0.717) is 0 Å². The molecule has 1 unspecified atom stereocenters. The van der Waals surface area contributed by atoms with Gasteiger partial charge in [-0.15, -0.1) is 0 Å². The van der Waals surface area contributed by atoms with Crippen LogP contribution in [-0.4, -0.2) is 0 Å². The van der Waals surface area contributed by atoms with Gasteiger partial charge in [-0.25, -0.2) is 0 Å². The number of hydrogen-bond acceptors (Lipinski definition) is 1. The number of nitriles is 1. The predicted molar refractivity (Wildman–Crippen MR) is 101 cm³/mol. The number of nitrogens with zero attached hydrogens (tertiary/aromatic N) is 1. The van der Waals surface area contributed by atoms with Crippen LogP contribution in [-0.2, 0) is 5.41 Å². The molecule has 5 rings (SSSR count). The summed E-state index contributed by atoms with van der Waals surface area (Å²) in [6.07, 6.45) is 0. The average Bonchev–Trinajstić information content (AvgIpc) is 2.97. The zero-order valence-electron chi connectivity index (χ0n) is 13.6. The highest BCUT2D eigenvalue weighted by Crippen LogP contribution is 2.53. The molecule has 0 spiro atoms. The fraction of sp³-hybridized carbons (Fsp3) is 0.0417. The summed E-state index contributed by atoms with van der Waals surface area (Å²) >= 11 is 0. The molecule has 0 aliphatic heterocycles. The van der Waals surface area contributed by atoms with Crippen LogP contribution in [0.25, 0.3) is 21.9 Å². The van der Waals surface area contributed by atoms with Crippen molar-refractivity contribution in [1.82, 2.24) is 0 Å². The number of rotatable bonds is 1.